The van der Waals surface area contributed by atoms with Gasteiger partial charge in [-0.1, -0.05) is 18.2 Å². The van der Waals surface area contributed by atoms with Gasteiger partial charge >= 0.3 is 0 Å². The largest absolute Gasteiger partial charge is 0.382 e. The quantitative estimate of drug-likeness (QED) is 0.757. The summed E-state index contributed by atoms with van der Waals surface area (Å²) in [5.41, 5.74) is 0.841. The first-order valence-corrected chi connectivity index (χ1v) is 6.44. The zero-order valence-corrected chi connectivity index (χ0v) is 11.5. The lowest BCUT2D eigenvalue weighted by molar-refractivity contribution is -0.119. The summed E-state index contributed by atoms with van der Waals surface area (Å²) < 4.78 is 5.14. The Morgan fingerprint density at radius 1 is 1.42 bits per heavy atom. The number of amides is 1. The molecule has 0 saturated carbocycles. The molecular formula is C15H20N2O2. The molecular weight excluding hydrogens is 240 g/mol. The molecule has 0 saturated heterocycles. The van der Waals surface area contributed by atoms with Crippen molar-refractivity contribution in [3.63, 3.8) is 0 Å². The van der Waals surface area contributed by atoms with E-state index in [-0.39, 0.29) is 12.0 Å². The van der Waals surface area contributed by atoms with Crippen molar-refractivity contribution >= 4 is 11.6 Å². The molecule has 0 aromatic heterocycles. The van der Waals surface area contributed by atoms with Gasteiger partial charge in [0.25, 0.3) is 0 Å². The van der Waals surface area contributed by atoms with E-state index in [1.54, 1.807) is 12.0 Å². The lowest BCUT2D eigenvalue weighted by Gasteiger charge is -2.22. The van der Waals surface area contributed by atoms with E-state index in [1.807, 2.05) is 37.3 Å². The molecule has 19 heavy (non-hydrogen) atoms. The van der Waals surface area contributed by atoms with E-state index in [1.165, 1.54) is 0 Å². The Hall–Kier alpha value is -1.86. The zero-order valence-electron chi connectivity index (χ0n) is 11.5. The van der Waals surface area contributed by atoms with E-state index in [4.69, 9.17) is 10.00 Å². The summed E-state index contributed by atoms with van der Waals surface area (Å²) in [7, 11) is 1.64. The minimum Gasteiger partial charge on any atom is -0.382 e. The van der Waals surface area contributed by atoms with Gasteiger partial charge in [-0.3, -0.25) is 4.79 Å². The van der Waals surface area contributed by atoms with Crippen LogP contribution in [0.15, 0.2) is 30.3 Å². The summed E-state index contributed by atoms with van der Waals surface area (Å²) in [4.78, 5) is 13.9. The van der Waals surface area contributed by atoms with Gasteiger partial charge in [0.2, 0.25) is 5.91 Å². The Morgan fingerprint density at radius 3 is 2.68 bits per heavy atom. The SMILES string of the molecule is COC(C)CCC(=O)N(CCC#N)c1ccccc1. The minimum absolute atomic E-state index is 0.0327. The molecule has 1 rings (SSSR count). The number of nitriles is 1. The van der Waals surface area contributed by atoms with Crippen LogP contribution in [0.25, 0.3) is 0 Å². The van der Waals surface area contributed by atoms with Crippen molar-refractivity contribution < 1.29 is 9.53 Å². The maximum atomic E-state index is 12.2. The summed E-state index contributed by atoms with van der Waals surface area (Å²) in [5.74, 6) is 0.0327. The molecule has 0 aliphatic carbocycles. The van der Waals surface area contributed by atoms with E-state index < -0.39 is 0 Å². The van der Waals surface area contributed by atoms with Crippen molar-refractivity contribution in [2.45, 2.75) is 32.3 Å². The monoisotopic (exact) mass is 260 g/mol. The second-order valence-electron chi connectivity index (χ2n) is 4.37. The second kappa shape index (κ2) is 8.28. The number of benzene rings is 1. The van der Waals surface area contributed by atoms with E-state index >= 15 is 0 Å². The Kier molecular flexibility index (Phi) is 6.62. The number of nitrogens with zero attached hydrogens (tertiary/aromatic N) is 2. The van der Waals surface area contributed by atoms with Crippen LogP contribution in [0.1, 0.15) is 26.2 Å². The number of ether oxygens (including phenoxy) is 1. The van der Waals surface area contributed by atoms with Crippen LogP contribution in [0, 0.1) is 11.3 Å². The number of para-hydroxylation sites is 1. The van der Waals surface area contributed by atoms with E-state index in [2.05, 4.69) is 6.07 Å². The zero-order chi connectivity index (χ0) is 14.1. The molecule has 0 fully saturated rings. The first-order valence-electron chi connectivity index (χ1n) is 6.44. The van der Waals surface area contributed by atoms with Crippen molar-refractivity contribution in [2.24, 2.45) is 0 Å². The molecule has 1 atom stereocenters. The maximum absolute atomic E-state index is 12.2. The van der Waals surface area contributed by atoms with Crippen molar-refractivity contribution in [1.82, 2.24) is 0 Å². The van der Waals surface area contributed by atoms with Crippen LogP contribution in [0.5, 0.6) is 0 Å². The Bertz CT molecular complexity index is 426. The van der Waals surface area contributed by atoms with Crippen LogP contribution in [0.2, 0.25) is 0 Å². The maximum Gasteiger partial charge on any atom is 0.227 e. The number of methoxy groups -OCH3 is 1. The average molecular weight is 260 g/mol. The van der Waals surface area contributed by atoms with Gasteiger partial charge in [0.05, 0.1) is 18.6 Å². The fourth-order valence-corrected chi connectivity index (χ4v) is 1.75. The molecule has 0 aliphatic heterocycles. The Labute approximate surface area is 114 Å². The van der Waals surface area contributed by atoms with Crippen LogP contribution in [0.4, 0.5) is 5.69 Å². The summed E-state index contributed by atoms with van der Waals surface area (Å²) in [6.07, 6.45) is 1.51. The van der Waals surface area contributed by atoms with Gasteiger partial charge in [0.15, 0.2) is 0 Å². The van der Waals surface area contributed by atoms with E-state index in [9.17, 15) is 4.79 Å². The normalized spacial score (nSPS) is 11.6. The molecule has 0 aliphatic rings. The first kappa shape index (κ1) is 15.2. The number of rotatable bonds is 7. The molecule has 1 aromatic carbocycles. The van der Waals surface area contributed by atoms with Crippen molar-refractivity contribution in [2.75, 3.05) is 18.6 Å². The third kappa shape index (κ3) is 5.11. The fraction of sp³-hybridized carbons (Fsp3) is 0.467. The molecule has 0 bridgehead atoms. The summed E-state index contributed by atoms with van der Waals surface area (Å²) in [5, 5.41) is 8.69. The highest BCUT2D eigenvalue weighted by molar-refractivity contribution is 5.93. The standard InChI is InChI=1S/C15H20N2O2/c1-13(19-2)9-10-15(18)17(12-6-11-16)14-7-4-3-5-8-14/h3-5,7-8,13H,6,9-10,12H2,1-2H3. The van der Waals surface area contributed by atoms with Crippen LogP contribution in [0.3, 0.4) is 0 Å². The molecule has 0 radical (unpaired) electrons. The number of hydrogen-bond donors (Lipinski definition) is 0. The third-order valence-electron chi connectivity index (χ3n) is 2.98. The summed E-state index contributed by atoms with van der Waals surface area (Å²) in [6.45, 7) is 2.37. The minimum atomic E-state index is 0.0327. The summed E-state index contributed by atoms with van der Waals surface area (Å²) >= 11 is 0. The van der Waals surface area contributed by atoms with Gasteiger partial charge in [-0.15, -0.1) is 0 Å². The van der Waals surface area contributed by atoms with Crippen molar-refractivity contribution in [3.8, 4) is 6.07 Å². The van der Waals surface area contributed by atoms with Crippen LogP contribution in [-0.4, -0.2) is 25.7 Å². The molecule has 4 nitrogen and oxygen atoms in total. The molecule has 0 spiro atoms. The highest BCUT2D eigenvalue weighted by Gasteiger charge is 2.16. The molecule has 102 valence electrons. The van der Waals surface area contributed by atoms with Gasteiger partial charge in [0.1, 0.15) is 0 Å². The van der Waals surface area contributed by atoms with Gasteiger partial charge < -0.3 is 9.64 Å². The molecule has 4 heteroatoms. The average Bonchev–Trinajstić information content (AvgIpc) is 2.46. The number of carbonyl (C=O) groups is 1. The fourth-order valence-electron chi connectivity index (χ4n) is 1.75. The van der Waals surface area contributed by atoms with Gasteiger partial charge in [-0.2, -0.15) is 5.26 Å². The predicted octanol–water partition coefficient (Wildman–Crippen LogP) is 2.75. The van der Waals surface area contributed by atoms with Crippen LogP contribution in [-0.2, 0) is 9.53 Å². The number of hydrogen-bond acceptors (Lipinski definition) is 3. The smallest absolute Gasteiger partial charge is 0.227 e. The third-order valence-corrected chi connectivity index (χ3v) is 2.98. The lowest BCUT2D eigenvalue weighted by atomic mass is 10.2. The van der Waals surface area contributed by atoms with E-state index in [0.29, 0.717) is 25.8 Å². The van der Waals surface area contributed by atoms with E-state index in [0.717, 1.165) is 5.69 Å². The highest BCUT2D eigenvalue weighted by Crippen LogP contribution is 2.16. The van der Waals surface area contributed by atoms with Crippen LogP contribution < -0.4 is 4.90 Å². The molecule has 1 unspecified atom stereocenters. The predicted molar refractivity (Wildman–Crippen MR) is 74.7 cm³/mol. The molecule has 1 aromatic rings. The first-order chi connectivity index (χ1) is 9.19. The van der Waals surface area contributed by atoms with Gasteiger partial charge in [-0.25, -0.2) is 0 Å². The number of anilines is 1. The molecule has 0 N–H and O–H groups in total. The van der Waals surface area contributed by atoms with Crippen LogP contribution >= 0.6 is 0 Å². The van der Waals surface area contributed by atoms with Gasteiger partial charge in [0, 0.05) is 25.8 Å². The highest BCUT2D eigenvalue weighted by atomic mass is 16.5. The molecule has 0 heterocycles. The Morgan fingerprint density at radius 2 is 2.11 bits per heavy atom. The van der Waals surface area contributed by atoms with Crippen molar-refractivity contribution in [3.05, 3.63) is 30.3 Å². The topological polar surface area (TPSA) is 53.3 Å². The van der Waals surface area contributed by atoms with Crippen molar-refractivity contribution in [1.29, 1.82) is 5.26 Å². The lowest BCUT2D eigenvalue weighted by Crippen LogP contribution is -2.32. The second-order valence-corrected chi connectivity index (χ2v) is 4.37. The summed E-state index contributed by atoms with van der Waals surface area (Å²) in [6, 6.07) is 11.5. The van der Waals surface area contributed by atoms with Gasteiger partial charge in [-0.05, 0) is 25.5 Å². The number of carbonyl (C=O) groups excluding carboxylic acids is 1. The Balaban J connectivity index is 2.69. The molecule has 1 amide bonds.